The third-order valence-corrected chi connectivity index (χ3v) is 26.6. The predicted octanol–water partition coefficient (Wildman–Crippen LogP) is 20.0. The topological polar surface area (TPSA) is 8.17 Å². The number of aromatic nitrogens is 1. The molecule has 11 aliphatic rings. The van der Waals surface area contributed by atoms with Gasteiger partial charge in [-0.1, -0.05) is 109 Å². The van der Waals surface area contributed by atoms with Crippen LogP contribution in [0.15, 0.2) is 121 Å². The van der Waals surface area contributed by atoms with Crippen molar-refractivity contribution < 1.29 is 0 Å². The molecule has 0 amide bonds. The molecule has 0 radical (unpaired) electrons. The Balaban J connectivity index is 0.981. The molecule has 0 saturated heterocycles. The van der Waals surface area contributed by atoms with Gasteiger partial charge in [-0.3, -0.25) is 0 Å². The number of rotatable bonds is 4. The zero-order chi connectivity index (χ0) is 54.0. The molecule has 0 unspecified atom stereocenters. The van der Waals surface area contributed by atoms with Gasteiger partial charge < -0.3 is 9.38 Å². The van der Waals surface area contributed by atoms with E-state index in [0.29, 0.717) is 5.41 Å². The monoisotopic (exact) mass is 1090 g/mol. The van der Waals surface area contributed by atoms with E-state index < -0.39 is 0 Å². The van der Waals surface area contributed by atoms with Crippen molar-refractivity contribution in [3.63, 3.8) is 0 Å². The highest BCUT2D eigenvalue weighted by Gasteiger charge is 2.55. The number of thiophene rings is 2. The Hall–Kier alpha value is -5.62. The molecule has 3 aromatic heterocycles. The predicted molar refractivity (Wildman–Crippen MR) is 347 cm³/mol. The van der Waals surface area contributed by atoms with E-state index in [2.05, 4.69) is 202 Å². The second-order valence-corrected chi connectivity index (χ2v) is 33.2. The lowest BCUT2D eigenvalue weighted by atomic mass is 9.45. The van der Waals surface area contributed by atoms with Crippen LogP contribution in [0.3, 0.4) is 0 Å². The zero-order valence-electron chi connectivity index (χ0n) is 48.7. The number of benzene rings is 7. The van der Waals surface area contributed by atoms with Crippen LogP contribution in [0.2, 0.25) is 0 Å². The van der Waals surface area contributed by atoms with Crippen molar-refractivity contribution in [1.29, 1.82) is 0 Å². The summed E-state index contributed by atoms with van der Waals surface area (Å²) >= 11 is 4.15. The molecule has 7 aromatic carbocycles. The van der Waals surface area contributed by atoms with Crippen molar-refractivity contribution in [2.24, 2.45) is 35.5 Å². The van der Waals surface area contributed by atoms with Gasteiger partial charge in [0.2, 0.25) is 0 Å². The Morgan fingerprint density at radius 1 is 0.494 bits per heavy atom. The van der Waals surface area contributed by atoms with Gasteiger partial charge >= 0.3 is 6.85 Å². The second kappa shape index (κ2) is 15.8. The standard InChI is InChI=1S/C76H75BN2S2/c1-72(2,3)49-17-19-61(53(29-49)48-13-9-8-10-14-48)78-63-34-56-52-15-11-12-16-64(52)80-70(56)66-58-32-51(76-39-45-26-46(40-76)28-47(27-45)41-76)31-55-54-30-50(75-36-42-23-43(37-75)25-44(24-42)38-75)18-20-62(54)79(69(55)58)77(68(63)66)67-57-33-59-60(35-65(57)81-71(67)78)74(6,7)22-21-73(59,4)5/h8-20,29-35,42-47H,21-28,36-41H2,1-7H3. The first-order chi connectivity index (χ1) is 39.1. The van der Waals surface area contributed by atoms with E-state index in [1.165, 1.54) is 197 Å². The van der Waals surface area contributed by atoms with Gasteiger partial charge in [0.1, 0.15) is 0 Å². The third kappa shape index (κ3) is 6.42. The van der Waals surface area contributed by atoms with Crippen LogP contribution >= 0.6 is 22.7 Å². The Bertz CT molecular complexity index is 4360. The Labute approximate surface area is 487 Å². The molecule has 81 heavy (non-hydrogen) atoms. The first-order valence-corrected chi connectivity index (χ1v) is 33.4. The minimum Gasteiger partial charge on any atom is -0.375 e. The molecule has 404 valence electrons. The van der Waals surface area contributed by atoms with E-state index >= 15 is 0 Å². The molecule has 21 rings (SSSR count). The number of hydrogen-bond donors (Lipinski definition) is 0. The van der Waals surface area contributed by atoms with E-state index in [0.717, 1.165) is 35.5 Å². The molecular weight excluding hydrogens is 1020 g/mol. The summed E-state index contributed by atoms with van der Waals surface area (Å²) < 4.78 is 7.29. The summed E-state index contributed by atoms with van der Waals surface area (Å²) in [5.41, 5.74) is 22.7. The average molecular weight is 1090 g/mol. The minimum atomic E-state index is -0.0152. The Morgan fingerprint density at radius 3 is 1.78 bits per heavy atom. The number of anilines is 3. The smallest absolute Gasteiger partial charge is 0.334 e. The number of hydrogen-bond acceptors (Lipinski definition) is 3. The van der Waals surface area contributed by atoms with E-state index in [-0.39, 0.29) is 28.5 Å². The fraction of sp³-hybridized carbons (Fsp3) is 0.421. The van der Waals surface area contributed by atoms with Crippen LogP contribution in [-0.4, -0.2) is 11.3 Å². The van der Waals surface area contributed by atoms with Crippen LogP contribution in [0, 0.1) is 35.5 Å². The van der Waals surface area contributed by atoms with Gasteiger partial charge in [-0.15, -0.1) is 22.7 Å². The van der Waals surface area contributed by atoms with Crippen molar-refractivity contribution >= 4 is 109 Å². The summed E-state index contributed by atoms with van der Waals surface area (Å²) in [7, 11) is 0. The first kappa shape index (κ1) is 47.8. The lowest BCUT2D eigenvalue weighted by Gasteiger charge is -2.57. The van der Waals surface area contributed by atoms with Crippen LogP contribution in [0.5, 0.6) is 0 Å². The highest BCUT2D eigenvalue weighted by atomic mass is 32.1. The summed E-state index contributed by atoms with van der Waals surface area (Å²) in [5, 5.41) is 8.72. The minimum absolute atomic E-state index is 0.0142. The second-order valence-electron chi connectivity index (χ2n) is 31.1. The molecule has 0 N–H and O–H groups in total. The van der Waals surface area contributed by atoms with Crippen LogP contribution in [0.1, 0.15) is 166 Å². The maximum Gasteiger partial charge on any atom is 0.334 e. The van der Waals surface area contributed by atoms with Gasteiger partial charge in [-0.2, -0.15) is 0 Å². The van der Waals surface area contributed by atoms with E-state index in [9.17, 15) is 0 Å². The van der Waals surface area contributed by atoms with Crippen molar-refractivity contribution in [3.8, 4) is 22.3 Å². The van der Waals surface area contributed by atoms with Crippen LogP contribution in [0.25, 0.3) is 74.3 Å². The van der Waals surface area contributed by atoms with Gasteiger partial charge in [0, 0.05) is 69.1 Å². The zero-order valence-corrected chi connectivity index (χ0v) is 50.3. The Kier molecular flexibility index (Phi) is 9.31. The molecule has 8 bridgehead atoms. The summed E-state index contributed by atoms with van der Waals surface area (Å²) in [4.78, 5) is 2.83. The van der Waals surface area contributed by atoms with Gasteiger partial charge in [-0.05, 0) is 263 Å². The summed E-state index contributed by atoms with van der Waals surface area (Å²) in [6.45, 7) is 17.2. The lowest BCUT2D eigenvalue weighted by molar-refractivity contribution is -0.00527. The van der Waals surface area contributed by atoms with E-state index in [1.807, 2.05) is 0 Å². The van der Waals surface area contributed by atoms with Gasteiger partial charge in [0.15, 0.2) is 0 Å². The number of nitrogens with zero attached hydrogens (tertiary/aromatic N) is 2. The van der Waals surface area contributed by atoms with Crippen LogP contribution in [0.4, 0.5) is 16.4 Å². The van der Waals surface area contributed by atoms with Gasteiger partial charge in [-0.25, -0.2) is 0 Å². The highest BCUT2D eigenvalue weighted by molar-refractivity contribution is 7.27. The van der Waals surface area contributed by atoms with Crippen molar-refractivity contribution in [1.82, 2.24) is 4.48 Å². The normalized spacial score (nSPS) is 28.7. The number of fused-ring (bicyclic) bond motifs is 14. The lowest BCUT2D eigenvalue weighted by Crippen LogP contribution is -2.56. The average Bonchev–Trinajstić information content (AvgIpc) is 2.27. The molecule has 10 aromatic rings. The summed E-state index contributed by atoms with van der Waals surface area (Å²) in [6.07, 6.45) is 19.5. The highest BCUT2D eigenvalue weighted by Crippen LogP contribution is 2.64. The molecule has 8 fully saturated rings. The molecule has 2 nitrogen and oxygen atoms in total. The van der Waals surface area contributed by atoms with E-state index in [4.69, 9.17) is 0 Å². The quantitative estimate of drug-likeness (QED) is 0.160. The molecule has 0 spiro atoms. The fourth-order valence-corrected chi connectivity index (χ4v) is 23.7. The van der Waals surface area contributed by atoms with Gasteiger partial charge in [0.25, 0.3) is 0 Å². The first-order valence-electron chi connectivity index (χ1n) is 31.8. The molecular formula is C76H75BN2S2. The largest absolute Gasteiger partial charge is 0.375 e. The van der Waals surface area contributed by atoms with Crippen molar-refractivity contribution in [2.45, 2.75) is 165 Å². The van der Waals surface area contributed by atoms with Gasteiger partial charge in [0.05, 0.1) is 10.7 Å². The third-order valence-electron chi connectivity index (χ3n) is 24.3. The maximum atomic E-state index is 2.98. The van der Waals surface area contributed by atoms with Crippen molar-refractivity contribution in [2.75, 3.05) is 4.90 Å². The molecule has 0 atom stereocenters. The van der Waals surface area contributed by atoms with E-state index in [1.54, 1.807) is 22.3 Å². The molecule has 9 aliphatic carbocycles. The summed E-state index contributed by atoms with van der Waals surface area (Å²) in [5.74, 6) is 5.35. The molecule has 5 heterocycles. The maximum absolute atomic E-state index is 2.98. The molecule has 5 heteroatoms. The van der Waals surface area contributed by atoms with Crippen molar-refractivity contribution in [3.05, 3.63) is 149 Å². The Morgan fingerprint density at radius 2 is 1.11 bits per heavy atom. The summed E-state index contributed by atoms with van der Waals surface area (Å²) in [6, 6.07) is 50.4. The molecule has 2 aliphatic heterocycles. The fourth-order valence-electron chi connectivity index (χ4n) is 21.2. The molecule has 8 saturated carbocycles. The SMILES string of the molecule is CC(C)(C)c1ccc(N2c3cc4c(sc5ccccc54)c4c3B(c3c2sc2cc5c(cc32)C(C)(C)CCC5(C)C)n2c3ccc(C56CC7CC(CC(C7)C5)C6)cc3c3cc(C56CC7CC(CC(C7)C5)C6)cc-4c32)c(-c2ccccc2)c1. The van der Waals surface area contributed by atoms with Crippen LogP contribution in [-0.2, 0) is 27.1 Å². The van der Waals surface area contributed by atoms with Crippen LogP contribution < -0.4 is 15.8 Å².